The minimum Gasteiger partial charge on any atom is -0.418 e. The smallest absolute Gasteiger partial charge is 0.192 e. The van der Waals surface area contributed by atoms with Crippen LogP contribution in [0.5, 0.6) is 0 Å². The van der Waals surface area contributed by atoms with Crippen LogP contribution in [0.3, 0.4) is 0 Å². The molecule has 0 heterocycles. The highest BCUT2D eigenvalue weighted by Gasteiger charge is 2.06. The average Bonchev–Trinajstić information content (AvgIpc) is 2.48. The fraction of sp³-hybridized carbons (Fsp3) is 0.222. The lowest BCUT2D eigenvalue weighted by Crippen LogP contribution is -2.21. The van der Waals surface area contributed by atoms with Crippen molar-refractivity contribution in [3.63, 3.8) is 0 Å². The van der Waals surface area contributed by atoms with Crippen molar-refractivity contribution in [1.82, 2.24) is 0 Å². The van der Waals surface area contributed by atoms with Gasteiger partial charge >= 0.3 is 0 Å². The Labute approximate surface area is 123 Å². The number of fused-ring (bicyclic) bond motifs is 1. The molecule has 0 fully saturated rings. The Morgan fingerprint density at radius 3 is 2.45 bits per heavy atom. The van der Waals surface area contributed by atoms with Gasteiger partial charge in [-0.15, -0.1) is 13.2 Å². The molecule has 0 atom stereocenters. The summed E-state index contributed by atoms with van der Waals surface area (Å²) in [5.74, 6) is 0.521. The van der Waals surface area contributed by atoms with Crippen LogP contribution in [-0.4, -0.2) is 16.4 Å². The predicted octanol–water partition coefficient (Wildman–Crippen LogP) is 3.33. The van der Waals surface area contributed by atoms with Crippen molar-refractivity contribution in [1.29, 1.82) is 0 Å². The number of benzene rings is 2. The lowest BCUT2D eigenvalue weighted by Gasteiger charge is -2.14. The maximum absolute atomic E-state index is 6.04. The van der Waals surface area contributed by atoms with Crippen LogP contribution in [-0.2, 0) is 4.43 Å². The van der Waals surface area contributed by atoms with Gasteiger partial charge in [-0.2, -0.15) is 0 Å². The summed E-state index contributed by atoms with van der Waals surface area (Å²) in [6.07, 6.45) is 5.93. The van der Waals surface area contributed by atoms with E-state index in [4.69, 9.17) is 4.43 Å². The van der Waals surface area contributed by atoms with E-state index >= 15 is 0 Å². The molecule has 1 nitrogen and oxygen atoms in total. The lowest BCUT2D eigenvalue weighted by atomic mass is 10.0. The van der Waals surface area contributed by atoms with Gasteiger partial charge in [0.2, 0.25) is 0 Å². The molecule has 20 heavy (non-hydrogen) atoms. The average molecular weight is 282 g/mol. The van der Waals surface area contributed by atoms with E-state index in [0.717, 1.165) is 19.4 Å². The molecule has 2 heteroatoms. The fourth-order valence-corrected chi connectivity index (χ4v) is 3.84. The minimum atomic E-state index is -0.679. The summed E-state index contributed by atoms with van der Waals surface area (Å²) in [5, 5.41) is 4.03. The monoisotopic (exact) mass is 282 g/mol. The molecule has 0 N–H and O–H groups in total. The second-order valence-corrected chi connectivity index (χ2v) is 6.53. The summed E-state index contributed by atoms with van der Waals surface area (Å²) >= 11 is 0. The van der Waals surface area contributed by atoms with Gasteiger partial charge < -0.3 is 4.43 Å². The second-order valence-electron chi connectivity index (χ2n) is 5.07. The van der Waals surface area contributed by atoms with E-state index in [1.54, 1.807) is 0 Å². The molecule has 104 valence electrons. The summed E-state index contributed by atoms with van der Waals surface area (Å²) in [4.78, 5) is 0. The van der Waals surface area contributed by atoms with E-state index in [9.17, 15) is 0 Å². The molecule has 0 unspecified atom stereocenters. The predicted molar refractivity (Wildman–Crippen MR) is 91.2 cm³/mol. The quantitative estimate of drug-likeness (QED) is 0.533. The summed E-state index contributed by atoms with van der Waals surface area (Å²) in [6.45, 7) is 8.44. The van der Waals surface area contributed by atoms with Crippen LogP contribution in [0.25, 0.3) is 10.8 Å². The second kappa shape index (κ2) is 7.83. The fourth-order valence-electron chi connectivity index (χ4n) is 2.46. The van der Waals surface area contributed by atoms with E-state index in [1.807, 2.05) is 12.2 Å². The molecule has 0 radical (unpaired) electrons. The molecule has 0 aromatic heterocycles. The van der Waals surface area contributed by atoms with Gasteiger partial charge in [-0.3, -0.25) is 0 Å². The van der Waals surface area contributed by atoms with E-state index in [1.165, 1.54) is 16.0 Å². The Bertz CT molecular complexity index is 561. The summed E-state index contributed by atoms with van der Waals surface area (Å²) in [7, 11) is -0.679. The van der Waals surface area contributed by atoms with Crippen LogP contribution in [0.15, 0.2) is 67.8 Å². The first-order chi connectivity index (χ1) is 9.85. The van der Waals surface area contributed by atoms with Gasteiger partial charge in [0.25, 0.3) is 0 Å². The zero-order valence-electron chi connectivity index (χ0n) is 11.9. The van der Waals surface area contributed by atoms with Gasteiger partial charge in [0, 0.05) is 6.61 Å². The summed E-state index contributed by atoms with van der Waals surface area (Å²) in [5.41, 5.74) is 0. The van der Waals surface area contributed by atoms with Crippen LogP contribution < -0.4 is 5.19 Å². The molecular formula is C18H22OSi. The third-order valence-electron chi connectivity index (χ3n) is 3.49. The van der Waals surface area contributed by atoms with Gasteiger partial charge in [-0.1, -0.05) is 54.6 Å². The van der Waals surface area contributed by atoms with Gasteiger partial charge in [0.1, 0.15) is 0 Å². The van der Waals surface area contributed by atoms with Gasteiger partial charge in [-0.25, -0.2) is 0 Å². The molecule has 0 aliphatic heterocycles. The van der Waals surface area contributed by atoms with Crippen molar-refractivity contribution < 1.29 is 4.43 Å². The maximum Gasteiger partial charge on any atom is 0.192 e. The first kappa shape index (κ1) is 14.8. The highest BCUT2D eigenvalue weighted by Crippen LogP contribution is 2.12. The molecule has 0 aliphatic carbocycles. The molecule has 2 aromatic rings. The Hall–Kier alpha value is -1.64. The zero-order valence-corrected chi connectivity index (χ0v) is 13.3. The van der Waals surface area contributed by atoms with E-state index < -0.39 is 9.76 Å². The van der Waals surface area contributed by atoms with Crippen LogP contribution in [0.4, 0.5) is 0 Å². The first-order valence-electron chi connectivity index (χ1n) is 7.11. The summed E-state index contributed by atoms with van der Waals surface area (Å²) < 4.78 is 6.04. The standard InChI is InChI=1S/C18H22OSi/c1-3-8-15(9-4-2)14-19-20-18-13-7-11-16-10-5-6-12-17(16)18/h3-7,10-13,15H,1-2,8-9,14,20H2. The van der Waals surface area contributed by atoms with Crippen molar-refractivity contribution in [2.45, 2.75) is 12.8 Å². The van der Waals surface area contributed by atoms with Crippen LogP contribution >= 0.6 is 0 Å². The van der Waals surface area contributed by atoms with Crippen molar-refractivity contribution in [3.05, 3.63) is 67.8 Å². The topological polar surface area (TPSA) is 9.23 Å². The largest absolute Gasteiger partial charge is 0.418 e. The highest BCUT2D eigenvalue weighted by atomic mass is 28.2. The van der Waals surface area contributed by atoms with Gasteiger partial charge in [0.15, 0.2) is 9.76 Å². The Kier molecular flexibility index (Phi) is 5.78. The van der Waals surface area contributed by atoms with Crippen LogP contribution in [0.1, 0.15) is 12.8 Å². The van der Waals surface area contributed by atoms with Gasteiger partial charge in [0.05, 0.1) is 0 Å². The molecule has 0 amide bonds. The molecule has 2 rings (SSSR count). The Balaban J connectivity index is 1.98. The number of rotatable bonds is 8. The lowest BCUT2D eigenvalue weighted by molar-refractivity contribution is 0.266. The van der Waals surface area contributed by atoms with E-state index in [-0.39, 0.29) is 0 Å². The Morgan fingerprint density at radius 2 is 1.70 bits per heavy atom. The van der Waals surface area contributed by atoms with Crippen LogP contribution in [0, 0.1) is 5.92 Å². The normalized spacial score (nSPS) is 11.4. The maximum atomic E-state index is 6.04. The molecule has 0 saturated carbocycles. The van der Waals surface area contributed by atoms with Crippen molar-refractivity contribution >= 4 is 25.7 Å². The molecule has 2 aromatic carbocycles. The van der Waals surface area contributed by atoms with E-state index in [0.29, 0.717) is 5.92 Å². The number of hydrogen-bond donors (Lipinski definition) is 0. The minimum absolute atomic E-state index is 0.521. The zero-order chi connectivity index (χ0) is 14.2. The third kappa shape index (κ3) is 3.92. The van der Waals surface area contributed by atoms with E-state index in [2.05, 4.69) is 55.6 Å². The Morgan fingerprint density at radius 1 is 1.00 bits per heavy atom. The molecule has 0 saturated heterocycles. The molecule has 0 aliphatic rings. The summed E-state index contributed by atoms with van der Waals surface area (Å²) in [6, 6.07) is 15.0. The molecule has 0 bridgehead atoms. The highest BCUT2D eigenvalue weighted by molar-refractivity contribution is 6.51. The van der Waals surface area contributed by atoms with Crippen LogP contribution in [0.2, 0.25) is 0 Å². The first-order valence-corrected chi connectivity index (χ1v) is 8.39. The van der Waals surface area contributed by atoms with Crippen molar-refractivity contribution in [3.8, 4) is 0 Å². The number of allylic oxidation sites excluding steroid dienone is 2. The molecule has 0 spiro atoms. The van der Waals surface area contributed by atoms with Gasteiger partial charge in [-0.05, 0) is 34.7 Å². The van der Waals surface area contributed by atoms with Crippen molar-refractivity contribution in [2.75, 3.05) is 6.61 Å². The van der Waals surface area contributed by atoms with Crippen molar-refractivity contribution in [2.24, 2.45) is 5.92 Å². The SMILES string of the molecule is C=CCC(CC=C)CO[SiH2]c1cccc2ccccc12. The molecular weight excluding hydrogens is 260 g/mol. The third-order valence-corrected chi connectivity index (χ3v) is 4.86. The number of hydrogen-bond acceptors (Lipinski definition) is 1.